The molecule has 0 aliphatic carbocycles. The highest BCUT2D eigenvalue weighted by molar-refractivity contribution is 7.99. The van der Waals surface area contributed by atoms with Crippen LogP contribution in [0.1, 0.15) is 5.76 Å². The predicted octanol–water partition coefficient (Wildman–Crippen LogP) is 3.79. The average Bonchev–Trinajstić information content (AvgIpc) is 3.16. The van der Waals surface area contributed by atoms with Gasteiger partial charge in [0.2, 0.25) is 9.84 Å². The van der Waals surface area contributed by atoms with Gasteiger partial charge in [-0.3, -0.25) is 0 Å². The van der Waals surface area contributed by atoms with Crippen molar-refractivity contribution in [2.75, 3.05) is 0 Å². The largest absolute Gasteiger partial charge is 0.469 e. The van der Waals surface area contributed by atoms with Gasteiger partial charge >= 0.3 is 5.76 Å². The van der Waals surface area contributed by atoms with Crippen molar-refractivity contribution in [1.29, 1.82) is 0 Å². The van der Waals surface area contributed by atoms with Gasteiger partial charge < -0.3 is 8.83 Å². The van der Waals surface area contributed by atoms with Crippen molar-refractivity contribution in [2.24, 2.45) is 0 Å². The van der Waals surface area contributed by atoms with E-state index in [0.29, 0.717) is 22.1 Å². The lowest BCUT2D eigenvalue weighted by Gasteiger charge is -2.03. The molecule has 1 aromatic carbocycles. The summed E-state index contributed by atoms with van der Waals surface area (Å²) in [5, 5.41) is 8.01. The molecule has 0 saturated carbocycles. The average molecular weight is 372 g/mol. The molecule has 0 saturated heterocycles. The molecular formula is C14H10F2N2O4S2. The molecule has 0 aliphatic rings. The Morgan fingerprint density at radius 3 is 2.42 bits per heavy atom. The Morgan fingerprint density at radius 2 is 1.83 bits per heavy atom. The molecule has 0 N–H and O–H groups in total. The SMILES string of the molecule is Cc1occc1-c1nnc(Sc2ccc(S(=O)(=O)C(F)F)cc2)o1. The van der Waals surface area contributed by atoms with Crippen molar-refractivity contribution in [3.05, 3.63) is 42.4 Å². The summed E-state index contributed by atoms with van der Waals surface area (Å²) in [5.74, 6) is -2.52. The quantitative estimate of drug-likeness (QED) is 0.673. The van der Waals surface area contributed by atoms with E-state index in [9.17, 15) is 17.2 Å². The molecule has 2 aromatic heterocycles. The molecule has 0 aliphatic heterocycles. The summed E-state index contributed by atoms with van der Waals surface area (Å²) in [7, 11) is -4.60. The Kier molecular flexibility index (Phi) is 4.41. The van der Waals surface area contributed by atoms with Crippen LogP contribution in [-0.2, 0) is 9.84 Å². The van der Waals surface area contributed by atoms with Crippen molar-refractivity contribution in [1.82, 2.24) is 10.2 Å². The summed E-state index contributed by atoms with van der Waals surface area (Å²) in [6.07, 6.45) is 1.50. The summed E-state index contributed by atoms with van der Waals surface area (Å²) >= 11 is 1.09. The van der Waals surface area contributed by atoms with Crippen LogP contribution in [-0.4, -0.2) is 24.4 Å². The molecule has 10 heteroatoms. The van der Waals surface area contributed by atoms with Crippen LogP contribution in [0.3, 0.4) is 0 Å². The van der Waals surface area contributed by atoms with Crippen LogP contribution >= 0.6 is 11.8 Å². The molecule has 3 aromatic rings. The summed E-state index contributed by atoms with van der Waals surface area (Å²) in [6.45, 7) is 1.76. The minimum Gasteiger partial charge on any atom is -0.469 e. The van der Waals surface area contributed by atoms with Gasteiger partial charge in [-0.05, 0) is 49.0 Å². The van der Waals surface area contributed by atoms with E-state index in [1.54, 1.807) is 13.0 Å². The number of aryl methyl sites for hydroxylation is 1. The first-order valence-electron chi connectivity index (χ1n) is 6.56. The third-order valence-electron chi connectivity index (χ3n) is 3.09. The molecule has 0 bridgehead atoms. The van der Waals surface area contributed by atoms with Crippen molar-refractivity contribution in [2.45, 2.75) is 27.7 Å². The molecule has 6 nitrogen and oxygen atoms in total. The lowest BCUT2D eigenvalue weighted by atomic mass is 10.3. The van der Waals surface area contributed by atoms with Crippen molar-refractivity contribution >= 4 is 21.6 Å². The Hall–Kier alpha value is -2.20. The first-order valence-corrected chi connectivity index (χ1v) is 8.92. The van der Waals surface area contributed by atoms with Crippen molar-refractivity contribution in [3.63, 3.8) is 0 Å². The van der Waals surface area contributed by atoms with Gasteiger partial charge in [0.05, 0.1) is 16.7 Å². The molecule has 0 atom stereocenters. The van der Waals surface area contributed by atoms with E-state index >= 15 is 0 Å². The van der Waals surface area contributed by atoms with Crippen molar-refractivity contribution < 1.29 is 26.0 Å². The van der Waals surface area contributed by atoms with E-state index in [1.807, 2.05) is 0 Å². The molecule has 0 unspecified atom stereocenters. The first-order chi connectivity index (χ1) is 11.4. The number of benzene rings is 1. The lowest BCUT2D eigenvalue weighted by Crippen LogP contribution is -2.10. The molecule has 24 heavy (non-hydrogen) atoms. The van der Waals surface area contributed by atoms with E-state index in [1.165, 1.54) is 18.4 Å². The number of hydrogen-bond acceptors (Lipinski definition) is 7. The number of aromatic nitrogens is 2. The molecule has 126 valence electrons. The second-order valence-electron chi connectivity index (χ2n) is 4.64. The van der Waals surface area contributed by atoms with Crippen LogP contribution in [0.5, 0.6) is 0 Å². The number of halogens is 2. The van der Waals surface area contributed by atoms with Crippen LogP contribution in [0.25, 0.3) is 11.5 Å². The maximum atomic E-state index is 12.5. The second-order valence-corrected chi connectivity index (χ2v) is 7.59. The van der Waals surface area contributed by atoms with Gasteiger partial charge in [-0.2, -0.15) is 8.78 Å². The summed E-state index contributed by atoms with van der Waals surface area (Å²) < 4.78 is 58.3. The van der Waals surface area contributed by atoms with E-state index in [0.717, 1.165) is 23.9 Å². The van der Waals surface area contributed by atoms with E-state index in [2.05, 4.69) is 10.2 Å². The van der Waals surface area contributed by atoms with Crippen molar-refractivity contribution in [3.8, 4) is 11.5 Å². The maximum absolute atomic E-state index is 12.5. The molecular weight excluding hydrogens is 362 g/mol. The number of rotatable bonds is 5. The van der Waals surface area contributed by atoms with Gasteiger partial charge in [0, 0.05) is 4.90 Å². The van der Waals surface area contributed by atoms with E-state index < -0.39 is 20.5 Å². The topological polar surface area (TPSA) is 86.2 Å². The van der Waals surface area contributed by atoms with Crippen LogP contribution in [0.4, 0.5) is 8.78 Å². The van der Waals surface area contributed by atoms with Gasteiger partial charge in [0.25, 0.3) is 11.1 Å². The van der Waals surface area contributed by atoms with Gasteiger partial charge in [-0.25, -0.2) is 8.42 Å². The summed E-state index contributed by atoms with van der Waals surface area (Å²) in [4.78, 5) is 0.129. The van der Waals surface area contributed by atoms with Crippen LogP contribution < -0.4 is 0 Å². The molecule has 2 heterocycles. The standard InChI is InChI=1S/C14H10F2N2O4S2/c1-8-11(6-7-21-8)12-17-18-14(22-12)23-9-2-4-10(5-3-9)24(19,20)13(15)16/h2-7,13H,1H3. The number of hydrogen-bond donors (Lipinski definition) is 0. The fourth-order valence-electron chi connectivity index (χ4n) is 1.87. The molecule has 0 spiro atoms. The molecule has 0 amide bonds. The summed E-state index contributed by atoms with van der Waals surface area (Å²) in [6, 6.07) is 6.71. The second kappa shape index (κ2) is 6.36. The first kappa shape index (κ1) is 16.7. The summed E-state index contributed by atoms with van der Waals surface area (Å²) in [5.41, 5.74) is 0.674. The number of alkyl halides is 2. The normalized spacial score (nSPS) is 12.0. The molecule has 0 radical (unpaired) electrons. The highest BCUT2D eigenvalue weighted by Gasteiger charge is 2.26. The number of nitrogens with zero attached hydrogens (tertiary/aromatic N) is 2. The maximum Gasteiger partial charge on any atom is 0.341 e. The van der Waals surface area contributed by atoms with Gasteiger partial charge in [0.1, 0.15) is 5.76 Å². The van der Waals surface area contributed by atoms with E-state index in [4.69, 9.17) is 8.83 Å². The highest BCUT2D eigenvalue weighted by atomic mass is 32.2. The third-order valence-corrected chi connectivity index (χ3v) is 5.33. The zero-order valence-electron chi connectivity index (χ0n) is 12.1. The Bertz CT molecular complexity index is 949. The van der Waals surface area contributed by atoms with Crippen LogP contribution in [0.2, 0.25) is 0 Å². The molecule has 0 fully saturated rings. The monoisotopic (exact) mass is 372 g/mol. The zero-order chi connectivity index (χ0) is 17.3. The predicted molar refractivity (Wildman–Crippen MR) is 80.5 cm³/mol. The van der Waals surface area contributed by atoms with Crippen LogP contribution in [0, 0.1) is 6.92 Å². The zero-order valence-corrected chi connectivity index (χ0v) is 13.8. The van der Waals surface area contributed by atoms with Gasteiger partial charge in [-0.1, -0.05) is 0 Å². The van der Waals surface area contributed by atoms with Gasteiger partial charge in [-0.15, -0.1) is 10.2 Å². The van der Waals surface area contributed by atoms with Gasteiger partial charge in [0.15, 0.2) is 0 Å². The molecule has 3 rings (SSSR count). The Morgan fingerprint density at radius 1 is 1.12 bits per heavy atom. The fourth-order valence-corrected chi connectivity index (χ4v) is 3.26. The number of furan rings is 1. The minimum absolute atomic E-state index is 0.232. The minimum atomic E-state index is -4.60. The Balaban J connectivity index is 1.78. The lowest BCUT2D eigenvalue weighted by molar-refractivity contribution is 0.234. The third kappa shape index (κ3) is 3.20. The highest BCUT2D eigenvalue weighted by Crippen LogP contribution is 2.31. The van der Waals surface area contributed by atoms with E-state index in [-0.39, 0.29) is 5.22 Å². The smallest absolute Gasteiger partial charge is 0.341 e. The van der Waals surface area contributed by atoms with Crippen LogP contribution in [0.15, 0.2) is 60.4 Å². The Labute approximate surface area is 139 Å². The fraction of sp³-hybridized carbons (Fsp3) is 0.143. The number of sulfone groups is 1.